The number of ether oxygens (including phenoxy) is 1. The van der Waals surface area contributed by atoms with Crippen molar-refractivity contribution in [3.8, 4) is 0 Å². The van der Waals surface area contributed by atoms with Gasteiger partial charge in [0.15, 0.2) is 0 Å². The first-order valence-corrected chi connectivity index (χ1v) is 5.38. The van der Waals surface area contributed by atoms with Crippen molar-refractivity contribution >= 4 is 29.5 Å². The van der Waals surface area contributed by atoms with Gasteiger partial charge in [0.05, 0.1) is 0 Å². The van der Waals surface area contributed by atoms with Crippen molar-refractivity contribution in [2.75, 3.05) is 25.2 Å². The Morgan fingerprint density at radius 1 is 1.30 bits per heavy atom. The van der Waals surface area contributed by atoms with Crippen LogP contribution in [0.15, 0.2) is 0 Å². The minimum absolute atomic E-state index is 0.945. The van der Waals surface area contributed by atoms with E-state index in [1.165, 1.54) is 23.7 Å². The van der Waals surface area contributed by atoms with Crippen LogP contribution in [-0.2, 0) is 4.74 Å². The molecule has 0 rings (SSSR count). The molecule has 0 aromatic heterocycles. The van der Waals surface area contributed by atoms with Gasteiger partial charge >= 0.3 is 77.4 Å². The van der Waals surface area contributed by atoms with Crippen LogP contribution in [0.3, 0.4) is 0 Å². The van der Waals surface area contributed by atoms with E-state index in [1.807, 2.05) is 11.8 Å². The fourth-order valence-corrected chi connectivity index (χ4v) is 1.06. The molecule has 0 amide bonds. The Bertz CT molecular complexity index is 53.6. The summed E-state index contributed by atoms with van der Waals surface area (Å²) in [6.45, 7) is 1.89. The molecule has 0 fully saturated rings. The van der Waals surface area contributed by atoms with E-state index in [9.17, 15) is 0 Å². The SMILES string of the molecule is [Li][CH2]CCOCCCSC. The quantitative estimate of drug-likeness (QED) is 0.408. The first kappa shape index (κ1) is 10.9. The molecular formula is C7H15LiOS. The zero-order valence-corrected chi connectivity index (χ0v) is 7.88. The second kappa shape index (κ2) is 9.91. The molecule has 0 spiro atoms. The average molecular weight is 154 g/mol. The van der Waals surface area contributed by atoms with Gasteiger partial charge in [0.1, 0.15) is 0 Å². The molecule has 0 aliphatic rings. The van der Waals surface area contributed by atoms with Crippen molar-refractivity contribution in [1.82, 2.24) is 0 Å². The maximum absolute atomic E-state index is 5.36. The molecule has 0 aromatic rings. The van der Waals surface area contributed by atoms with Gasteiger partial charge in [0.25, 0.3) is 0 Å². The molecule has 0 heterocycles. The maximum atomic E-state index is 5.36. The number of rotatable bonds is 7. The van der Waals surface area contributed by atoms with Gasteiger partial charge in [-0.25, -0.2) is 0 Å². The van der Waals surface area contributed by atoms with Crippen LogP contribution in [0.2, 0.25) is 5.09 Å². The van der Waals surface area contributed by atoms with Crippen molar-refractivity contribution in [3.05, 3.63) is 0 Å². The molecule has 56 valence electrons. The van der Waals surface area contributed by atoms with Gasteiger partial charge in [-0.15, -0.1) is 0 Å². The van der Waals surface area contributed by atoms with Crippen LogP contribution < -0.4 is 0 Å². The van der Waals surface area contributed by atoms with Crippen LogP contribution in [0.5, 0.6) is 0 Å². The Morgan fingerprint density at radius 2 is 2.00 bits per heavy atom. The first-order valence-electron chi connectivity index (χ1n) is 3.98. The predicted octanol–water partition coefficient (Wildman–Crippen LogP) is 1.73. The summed E-state index contributed by atoms with van der Waals surface area (Å²) in [4.78, 5) is 0. The van der Waals surface area contributed by atoms with Crippen molar-refractivity contribution < 1.29 is 4.74 Å². The Hall–Kier alpha value is 0.907. The minimum atomic E-state index is 0.945. The summed E-state index contributed by atoms with van der Waals surface area (Å²) in [6, 6.07) is 0. The Labute approximate surface area is 77.5 Å². The summed E-state index contributed by atoms with van der Waals surface area (Å²) in [5.74, 6) is 1.23. The normalized spacial score (nSPS) is 10.3. The Morgan fingerprint density at radius 3 is 2.60 bits per heavy atom. The number of hydrogen-bond acceptors (Lipinski definition) is 2. The molecule has 3 heteroatoms. The first-order chi connectivity index (χ1) is 4.91. The standard InChI is InChI=1S/C7H15OS.Li/c1-3-5-8-6-4-7-9-2;/h1,3-7H2,2H3;. The van der Waals surface area contributed by atoms with Crippen molar-refractivity contribution in [2.45, 2.75) is 17.9 Å². The van der Waals surface area contributed by atoms with E-state index in [1.54, 1.807) is 0 Å². The number of thioether (sulfide) groups is 1. The Kier molecular flexibility index (Phi) is 10.8. The van der Waals surface area contributed by atoms with Gasteiger partial charge in [0, 0.05) is 0 Å². The topological polar surface area (TPSA) is 9.23 Å². The molecule has 1 nitrogen and oxygen atoms in total. The molecule has 0 aliphatic carbocycles. The molecule has 0 radical (unpaired) electrons. The molecular weight excluding hydrogens is 139 g/mol. The van der Waals surface area contributed by atoms with Crippen LogP contribution in [0, 0.1) is 0 Å². The van der Waals surface area contributed by atoms with E-state index in [4.69, 9.17) is 4.74 Å². The van der Waals surface area contributed by atoms with E-state index in [0.717, 1.165) is 13.2 Å². The average Bonchev–Trinajstić information content (AvgIpc) is 1.97. The van der Waals surface area contributed by atoms with Crippen LogP contribution in [0.1, 0.15) is 12.8 Å². The summed E-state index contributed by atoms with van der Waals surface area (Å²) < 4.78 is 5.36. The summed E-state index contributed by atoms with van der Waals surface area (Å²) in [5.41, 5.74) is 0. The van der Waals surface area contributed by atoms with Gasteiger partial charge in [-0.1, -0.05) is 0 Å². The molecule has 0 atom stereocenters. The molecule has 0 saturated carbocycles. The van der Waals surface area contributed by atoms with Gasteiger partial charge in [-0.3, -0.25) is 0 Å². The van der Waals surface area contributed by atoms with Gasteiger partial charge < -0.3 is 0 Å². The van der Waals surface area contributed by atoms with E-state index < -0.39 is 0 Å². The van der Waals surface area contributed by atoms with Gasteiger partial charge in [-0.05, 0) is 0 Å². The van der Waals surface area contributed by atoms with Crippen LogP contribution in [0.4, 0.5) is 0 Å². The fraction of sp³-hybridized carbons (Fsp3) is 1.00. The third kappa shape index (κ3) is 8.91. The van der Waals surface area contributed by atoms with Gasteiger partial charge in [0.2, 0.25) is 0 Å². The van der Waals surface area contributed by atoms with E-state index in [-0.39, 0.29) is 0 Å². The molecule has 0 unspecified atom stereocenters. The molecule has 0 aromatic carbocycles. The zero-order chi connectivity index (χ0) is 7.66. The summed E-state index contributed by atoms with van der Waals surface area (Å²) in [6.07, 6.45) is 4.54. The molecule has 0 bridgehead atoms. The second-order valence-corrected chi connectivity index (χ2v) is 3.30. The monoisotopic (exact) mass is 154 g/mol. The van der Waals surface area contributed by atoms with E-state index in [2.05, 4.69) is 24.0 Å². The summed E-state index contributed by atoms with van der Waals surface area (Å²) in [7, 11) is 0. The van der Waals surface area contributed by atoms with Crippen LogP contribution >= 0.6 is 11.8 Å². The summed E-state index contributed by atoms with van der Waals surface area (Å²) >= 11 is 4.07. The second-order valence-electron chi connectivity index (χ2n) is 2.31. The molecule has 0 saturated heterocycles. The fourth-order valence-electron chi connectivity index (χ4n) is 0.654. The van der Waals surface area contributed by atoms with E-state index in [0.29, 0.717) is 0 Å². The van der Waals surface area contributed by atoms with Crippen molar-refractivity contribution in [2.24, 2.45) is 0 Å². The molecule has 0 N–H and O–H groups in total. The molecule has 10 heavy (non-hydrogen) atoms. The molecule has 0 aliphatic heterocycles. The number of hydrogen-bond donors (Lipinski definition) is 0. The van der Waals surface area contributed by atoms with Crippen LogP contribution in [0.25, 0.3) is 0 Å². The zero-order valence-electron chi connectivity index (χ0n) is 7.06. The predicted molar refractivity (Wildman–Crippen MR) is 49.0 cm³/mol. The third-order valence-corrected chi connectivity index (χ3v) is 1.98. The Balaban J connectivity index is 2.65. The van der Waals surface area contributed by atoms with Crippen molar-refractivity contribution in [3.63, 3.8) is 0 Å². The van der Waals surface area contributed by atoms with Crippen LogP contribution in [-0.4, -0.2) is 42.9 Å². The summed E-state index contributed by atoms with van der Waals surface area (Å²) in [5, 5.41) is 1.24. The van der Waals surface area contributed by atoms with Gasteiger partial charge in [-0.2, -0.15) is 0 Å². The van der Waals surface area contributed by atoms with E-state index >= 15 is 0 Å². The van der Waals surface area contributed by atoms with Crippen molar-refractivity contribution in [1.29, 1.82) is 0 Å². The third-order valence-electron chi connectivity index (χ3n) is 1.28.